The molecule has 0 saturated carbocycles. The van der Waals surface area contributed by atoms with Crippen LogP contribution >= 0.6 is 0 Å². The molecule has 4 aliphatic rings. The zero-order valence-corrected chi connectivity index (χ0v) is 33.9. The van der Waals surface area contributed by atoms with Gasteiger partial charge in [-0.3, -0.25) is 0 Å². The second-order valence-electron chi connectivity index (χ2n) is 15.6. The maximum absolute atomic E-state index is 12.6. The van der Waals surface area contributed by atoms with Crippen molar-refractivity contribution in [2.24, 2.45) is 0 Å². The molecule has 23 nitrogen and oxygen atoms in total. The minimum atomic E-state index is -1.98. The third-order valence-electron chi connectivity index (χ3n) is 11.1. The number of aliphatic hydroxyl groups excluding tert-OH is 9. The van der Waals surface area contributed by atoms with Crippen LogP contribution in [0.15, 0.2) is 60.4 Å². The summed E-state index contributed by atoms with van der Waals surface area (Å²) in [6.45, 7) is -0.0427. The molecule has 4 heterocycles. The van der Waals surface area contributed by atoms with Gasteiger partial charge >= 0.3 is 5.97 Å². The van der Waals surface area contributed by atoms with Crippen molar-refractivity contribution < 1.29 is 114 Å². The first kappa shape index (κ1) is 47.5. The molecule has 0 radical (unpaired) electrons. The topological polar surface area (TPSA) is 374 Å². The van der Waals surface area contributed by atoms with Gasteiger partial charge in [-0.15, -0.1) is 0 Å². The molecule has 3 aromatic carbocycles. The van der Waals surface area contributed by atoms with E-state index in [0.717, 1.165) is 30.3 Å². The fourth-order valence-electron chi connectivity index (χ4n) is 7.41. The van der Waals surface area contributed by atoms with Crippen LogP contribution in [0.25, 0.3) is 12.2 Å². The summed E-state index contributed by atoms with van der Waals surface area (Å²) < 4.78 is 46.1. The number of phenols is 5. The van der Waals surface area contributed by atoms with E-state index < -0.39 is 140 Å². The van der Waals surface area contributed by atoms with Crippen molar-refractivity contribution in [2.75, 3.05) is 13.2 Å². The van der Waals surface area contributed by atoms with Crippen molar-refractivity contribution in [3.63, 3.8) is 0 Å². The number of hydrogen-bond acceptors (Lipinski definition) is 23. The lowest BCUT2D eigenvalue weighted by Gasteiger charge is -2.43. The third kappa shape index (κ3) is 10.0. The first-order valence-corrected chi connectivity index (χ1v) is 20.0. The van der Waals surface area contributed by atoms with E-state index in [4.69, 9.17) is 37.9 Å². The molecule has 3 aromatic rings. The first-order valence-electron chi connectivity index (χ1n) is 20.0. The maximum atomic E-state index is 12.6. The van der Waals surface area contributed by atoms with Gasteiger partial charge in [0.05, 0.1) is 24.9 Å². The third-order valence-corrected chi connectivity index (χ3v) is 11.1. The van der Waals surface area contributed by atoms with E-state index >= 15 is 0 Å². The summed E-state index contributed by atoms with van der Waals surface area (Å²) in [5, 5.41) is 146. The molecule has 0 aliphatic carbocycles. The fraction of sp³-hybridized carbons (Fsp3) is 0.452. The lowest BCUT2D eigenvalue weighted by Crippen LogP contribution is -2.61. The number of fused-ring (bicyclic) bond motifs is 1. The predicted molar refractivity (Wildman–Crippen MR) is 212 cm³/mol. The number of rotatable bonds is 12. The number of benzene rings is 3. The molecule has 0 aromatic heterocycles. The van der Waals surface area contributed by atoms with Crippen LogP contribution < -0.4 is 9.47 Å². The van der Waals surface area contributed by atoms with Gasteiger partial charge in [0.25, 0.3) is 0 Å². The van der Waals surface area contributed by atoms with Crippen molar-refractivity contribution >= 4 is 18.1 Å². The SMILES string of the molecule is CC1OC(OCC2OC(OC3=Cc4c(cc(O)cc4OC4OC(CO)C(O)C(O)C4O)OC3c3ccc(O)c(O)c3)C(O)C(O)C2O)C(O)C(O)C1OC(=O)C=Cc1ccc(O)c(O)c1. The van der Waals surface area contributed by atoms with Crippen LogP contribution in [-0.4, -0.2) is 183 Å². The summed E-state index contributed by atoms with van der Waals surface area (Å²) in [6, 6.07) is 9.60. The van der Waals surface area contributed by atoms with Crippen LogP contribution in [-0.2, 0) is 33.2 Å². The minimum Gasteiger partial charge on any atom is -0.508 e. The van der Waals surface area contributed by atoms with Gasteiger partial charge in [-0.25, -0.2) is 4.79 Å². The molecule has 4 aliphatic heterocycles. The van der Waals surface area contributed by atoms with Crippen molar-refractivity contribution in [1.82, 2.24) is 0 Å². The fourth-order valence-corrected chi connectivity index (χ4v) is 7.41. The normalized spacial score (nSPS) is 34.8. The van der Waals surface area contributed by atoms with Gasteiger partial charge < -0.3 is 109 Å². The van der Waals surface area contributed by atoms with Gasteiger partial charge in [0.2, 0.25) is 12.6 Å². The summed E-state index contributed by atoms with van der Waals surface area (Å²) in [4.78, 5) is 12.6. The standard InChI is InChI=1S/C42H48O23/c1-15-38(65-29(49)7-3-16-2-5-20(45)22(47)8-16)34(54)37(57)40(59-15)58-14-28-31(51)33(53)36(56)42(64-28)62-26-12-19-24(60-39(26)17-4-6-21(46)23(48)9-17)10-18(44)11-25(19)61-41-35(55)32(52)30(50)27(13-43)63-41/h2-12,15,27-28,30-48,50-57H,13-14H2,1H3. The quantitative estimate of drug-likeness (QED) is 0.0521. The number of phenolic OH excluding ortho intramolecular Hbond substituents is 5. The number of carbonyl (C=O) groups is 1. The number of aliphatic hydroxyl groups is 9. The molecule has 354 valence electrons. The smallest absolute Gasteiger partial charge is 0.331 e. The predicted octanol–water partition coefficient (Wildman–Crippen LogP) is -2.20. The number of hydrogen-bond donors (Lipinski definition) is 14. The van der Waals surface area contributed by atoms with E-state index in [9.17, 15) is 76.3 Å². The van der Waals surface area contributed by atoms with Crippen molar-refractivity contribution in [3.8, 4) is 40.2 Å². The Morgan fingerprint density at radius 3 is 1.94 bits per heavy atom. The number of esters is 1. The Labute approximate surface area is 367 Å². The highest BCUT2D eigenvalue weighted by molar-refractivity contribution is 5.87. The summed E-state index contributed by atoms with van der Waals surface area (Å²) >= 11 is 0. The van der Waals surface area contributed by atoms with Gasteiger partial charge in [-0.05, 0) is 48.9 Å². The second-order valence-corrected chi connectivity index (χ2v) is 15.6. The summed E-state index contributed by atoms with van der Waals surface area (Å²) in [6.07, 6.45) is -23.3. The maximum Gasteiger partial charge on any atom is 0.331 e. The highest BCUT2D eigenvalue weighted by Crippen LogP contribution is 2.46. The zero-order chi connectivity index (χ0) is 47.0. The van der Waals surface area contributed by atoms with Crippen LogP contribution in [0.4, 0.5) is 0 Å². The Kier molecular flexibility index (Phi) is 14.3. The van der Waals surface area contributed by atoms with E-state index in [1.807, 2.05) is 0 Å². The number of aromatic hydroxyl groups is 5. The molecular weight excluding hydrogens is 872 g/mol. The van der Waals surface area contributed by atoms with Gasteiger partial charge in [0.1, 0.15) is 84.0 Å². The molecule has 0 amide bonds. The Morgan fingerprint density at radius 1 is 0.662 bits per heavy atom. The molecule has 23 heteroatoms. The molecule has 16 unspecified atom stereocenters. The van der Waals surface area contributed by atoms with Crippen molar-refractivity contribution in [2.45, 2.75) is 105 Å². The Balaban J connectivity index is 1.08. The largest absolute Gasteiger partial charge is 0.508 e. The molecule has 0 spiro atoms. The van der Waals surface area contributed by atoms with Gasteiger partial charge in [-0.2, -0.15) is 0 Å². The lowest BCUT2D eigenvalue weighted by atomic mass is 9.98. The highest BCUT2D eigenvalue weighted by Gasteiger charge is 2.50. The first-order chi connectivity index (χ1) is 30.8. The van der Waals surface area contributed by atoms with E-state index in [1.54, 1.807) is 0 Å². The van der Waals surface area contributed by atoms with E-state index in [-0.39, 0.29) is 34.1 Å². The molecule has 3 fully saturated rings. The monoisotopic (exact) mass is 920 g/mol. The van der Waals surface area contributed by atoms with Crippen LogP contribution in [0.3, 0.4) is 0 Å². The zero-order valence-electron chi connectivity index (χ0n) is 33.9. The summed E-state index contributed by atoms with van der Waals surface area (Å²) in [7, 11) is 0. The van der Waals surface area contributed by atoms with Crippen LogP contribution in [0, 0.1) is 0 Å². The van der Waals surface area contributed by atoms with Crippen LogP contribution in [0.2, 0.25) is 0 Å². The highest BCUT2D eigenvalue weighted by atomic mass is 16.7. The van der Waals surface area contributed by atoms with E-state index in [0.29, 0.717) is 5.56 Å². The molecule has 65 heavy (non-hydrogen) atoms. The Hall–Kier alpha value is -5.51. The molecule has 14 N–H and O–H groups in total. The summed E-state index contributed by atoms with van der Waals surface area (Å²) in [5.74, 6) is -3.89. The average molecular weight is 921 g/mol. The van der Waals surface area contributed by atoms with Crippen LogP contribution in [0.5, 0.6) is 40.2 Å². The number of ether oxygens (including phenoxy) is 8. The van der Waals surface area contributed by atoms with Crippen molar-refractivity contribution in [1.29, 1.82) is 0 Å². The summed E-state index contributed by atoms with van der Waals surface area (Å²) in [5.41, 5.74) is 0.434. The average Bonchev–Trinajstić information content (AvgIpc) is 3.27. The molecule has 3 saturated heterocycles. The van der Waals surface area contributed by atoms with Crippen LogP contribution in [0.1, 0.15) is 29.7 Å². The Morgan fingerprint density at radius 2 is 1.28 bits per heavy atom. The number of carbonyl (C=O) groups excluding carboxylic acids is 1. The van der Waals surface area contributed by atoms with Crippen molar-refractivity contribution in [3.05, 3.63) is 77.1 Å². The van der Waals surface area contributed by atoms with Gasteiger partial charge in [0.15, 0.2) is 41.5 Å². The van der Waals surface area contributed by atoms with Gasteiger partial charge in [0, 0.05) is 23.8 Å². The minimum absolute atomic E-state index is 0.0199. The molecular formula is C42H48O23. The lowest BCUT2D eigenvalue weighted by molar-refractivity contribution is -0.325. The molecule has 0 bridgehead atoms. The van der Waals surface area contributed by atoms with Gasteiger partial charge in [-0.1, -0.05) is 12.1 Å². The second kappa shape index (κ2) is 19.5. The Bertz CT molecular complexity index is 2230. The van der Waals surface area contributed by atoms with E-state index in [1.165, 1.54) is 43.3 Å². The van der Waals surface area contributed by atoms with E-state index in [2.05, 4.69) is 0 Å². The molecule has 16 atom stereocenters. The molecule has 7 rings (SSSR count).